The van der Waals surface area contributed by atoms with Crippen LogP contribution in [0, 0.1) is 0 Å². The standard InChI is InChI=1S/C14H13N3O6/c18-11(16-10(14(22)23)5-12(19)20)6-17-7-15-9-4-2-1-3-8(9)13(17)21/h1-4,7,10H,5-6H2,(H,16,18)(H,19,20)(H,22,23)/t10-/m0/s1. The van der Waals surface area contributed by atoms with E-state index in [1.165, 1.54) is 6.33 Å². The monoisotopic (exact) mass is 319 g/mol. The van der Waals surface area contributed by atoms with Crippen LogP contribution in [-0.4, -0.2) is 43.7 Å². The first-order valence-corrected chi connectivity index (χ1v) is 6.56. The predicted molar refractivity (Wildman–Crippen MR) is 77.8 cm³/mol. The van der Waals surface area contributed by atoms with Crippen LogP contribution < -0.4 is 10.9 Å². The third kappa shape index (κ3) is 3.90. The van der Waals surface area contributed by atoms with Crippen molar-refractivity contribution >= 4 is 28.7 Å². The fourth-order valence-electron chi connectivity index (χ4n) is 1.99. The lowest BCUT2D eigenvalue weighted by Crippen LogP contribution is -2.44. The first-order valence-electron chi connectivity index (χ1n) is 6.56. The van der Waals surface area contributed by atoms with E-state index < -0.39 is 42.4 Å². The van der Waals surface area contributed by atoms with Crippen LogP contribution in [0.25, 0.3) is 10.9 Å². The number of carbonyl (C=O) groups excluding carboxylic acids is 1. The van der Waals surface area contributed by atoms with Gasteiger partial charge in [0.2, 0.25) is 5.91 Å². The SMILES string of the molecule is O=C(O)C[C@H](NC(=O)Cn1cnc2ccccc2c1=O)C(=O)O. The van der Waals surface area contributed by atoms with E-state index in [0.717, 1.165) is 4.57 Å². The van der Waals surface area contributed by atoms with Gasteiger partial charge in [0.25, 0.3) is 5.56 Å². The fraction of sp³-hybridized carbons (Fsp3) is 0.214. The third-order valence-corrected chi connectivity index (χ3v) is 3.06. The van der Waals surface area contributed by atoms with Crippen molar-refractivity contribution in [2.24, 2.45) is 0 Å². The summed E-state index contributed by atoms with van der Waals surface area (Å²) >= 11 is 0. The van der Waals surface area contributed by atoms with Crippen molar-refractivity contribution in [3.8, 4) is 0 Å². The first-order chi connectivity index (χ1) is 10.9. The van der Waals surface area contributed by atoms with E-state index >= 15 is 0 Å². The average molecular weight is 319 g/mol. The number of benzene rings is 1. The summed E-state index contributed by atoms with van der Waals surface area (Å²) in [7, 11) is 0. The molecule has 9 heteroatoms. The molecule has 0 saturated heterocycles. The van der Waals surface area contributed by atoms with Crippen molar-refractivity contribution in [3.63, 3.8) is 0 Å². The van der Waals surface area contributed by atoms with Crippen molar-refractivity contribution in [1.82, 2.24) is 14.9 Å². The summed E-state index contributed by atoms with van der Waals surface area (Å²) in [6, 6.07) is 5.01. The maximum atomic E-state index is 12.2. The molecule has 1 heterocycles. The zero-order valence-corrected chi connectivity index (χ0v) is 11.8. The van der Waals surface area contributed by atoms with E-state index in [2.05, 4.69) is 10.3 Å². The Labute approximate surface area is 129 Å². The van der Waals surface area contributed by atoms with Gasteiger partial charge in [-0.1, -0.05) is 12.1 Å². The van der Waals surface area contributed by atoms with Crippen LogP contribution in [0.2, 0.25) is 0 Å². The molecule has 0 aliphatic carbocycles. The maximum Gasteiger partial charge on any atom is 0.326 e. The van der Waals surface area contributed by atoms with Gasteiger partial charge < -0.3 is 15.5 Å². The number of aliphatic carboxylic acids is 2. The van der Waals surface area contributed by atoms with Crippen molar-refractivity contribution < 1.29 is 24.6 Å². The molecule has 0 unspecified atom stereocenters. The molecule has 0 aliphatic heterocycles. The van der Waals surface area contributed by atoms with Crippen LogP contribution in [0.5, 0.6) is 0 Å². The van der Waals surface area contributed by atoms with Crippen LogP contribution in [0.15, 0.2) is 35.4 Å². The van der Waals surface area contributed by atoms with E-state index in [4.69, 9.17) is 10.2 Å². The number of nitrogens with zero attached hydrogens (tertiary/aromatic N) is 2. The number of carboxylic acid groups (broad SMARTS) is 2. The van der Waals surface area contributed by atoms with Gasteiger partial charge in [-0.25, -0.2) is 9.78 Å². The highest BCUT2D eigenvalue weighted by molar-refractivity contribution is 5.86. The van der Waals surface area contributed by atoms with Crippen molar-refractivity contribution in [1.29, 1.82) is 0 Å². The molecule has 0 saturated carbocycles. The van der Waals surface area contributed by atoms with Gasteiger partial charge in [-0.3, -0.25) is 19.0 Å². The summed E-state index contributed by atoms with van der Waals surface area (Å²) in [5.41, 5.74) is 0.0271. The minimum absolute atomic E-state index is 0.322. The molecule has 120 valence electrons. The zero-order valence-electron chi connectivity index (χ0n) is 11.8. The molecule has 2 aromatic rings. The lowest BCUT2D eigenvalue weighted by Gasteiger charge is -2.13. The highest BCUT2D eigenvalue weighted by atomic mass is 16.4. The summed E-state index contributed by atoms with van der Waals surface area (Å²) in [5, 5.41) is 19.9. The van der Waals surface area contributed by atoms with Crippen LogP contribution in [0.4, 0.5) is 0 Å². The molecular formula is C14H13N3O6. The largest absolute Gasteiger partial charge is 0.481 e. The number of fused-ring (bicyclic) bond motifs is 1. The van der Waals surface area contributed by atoms with Gasteiger partial charge in [0.15, 0.2) is 0 Å². The summed E-state index contributed by atoms with van der Waals surface area (Å²) < 4.78 is 1.03. The zero-order chi connectivity index (χ0) is 17.0. The van der Waals surface area contributed by atoms with Crippen LogP contribution in [0.3, 0.4) is 0 Å². The minimum atomic E-state index is -1.57. The number of amides is 1. The Morgan fingerprint density at radius 1 is 1.22 bits per heavy atom. The lowest BCUT2D eigenvalue weighted by molar-refractivity contribution is -0.147. The van der Waals surface area contributed by atoms with Gasteiger partial charge in [-0.05, 0) is 12.1 Å². The Morgan fingerprint density at radius 3 is 2.57 bits per heavy atom. The van der Waals surface area contributed by atoms with Gasteiger partial charge in [0.05, 0.1) is 23.7 Å². The van der Waals surface area contributed by atoms with Crippen LogP contribution in [-0.2, 0) is 20.9 Å². The minimum Gasteiger partial charge on any atom is -0.481 e. The summed E-state index contributed by atoms with van der Waals surface area (Å²) in [6.07, 6.45) is 0.420. The highest BCUT2D eigenvalue weighted by Crippen LogP contribution is 2.04. The molecule has 2 rings (SSSR count). The number of para-hydroxylation sites is 1. The second kappa shape index (κ2) is 6.69. The number of carboxylic acids is 2. The number of hydrogen-bond acceptors (Lipinski definition) is 5. The summed E-state index contributed by atoms with van der Waals surface area (Å²) in [6.45, 7) is -0.458. The number of aromatic nitrogens is 2. The second-order valence-corrected chi connectivity index (χ2v) is 4.75. The predicted octanol–water partition coefficient (Wildman–Crippen LogP) is -0.559. The molecule has 1 atom stereocenters. The van der Waals surface area contributed by atoms with Crippen molar-refractivity contribution in [2.75, 3.05) is 0 Å². The summed E-state index contributed by atoms with van der Waals surface area (Å²) in [4.78, 5) is 49.5. The van der Waals surface area contributed by atoms with Crippen molar-refractivity contribution in [3.05, 3.63) is 40.9 Å². The second-order valence-electron chi connectivity index (χ2n) is 4.75. The van der Waals surface area contributed by atoms with Gasteiger partial charge in [-0.2, -0.15) is 0 Å². The molecule has 3 N–H and O–H groups in total. The van der Waals surface area contributed by atoms with Crippen molar-refractivity contribution in [2.45, 2.75) is 19.0 Å². The molecule has 0 fully saturated rings. The van der Waals surface area contributed by atoms with Gasteiger partial charge in [0.1, 0.15) is 12.6 Å². The Balaban J connectivity index is 2.17. The number of hydrogen-bond donors (Lipinski definition) is 3. The molecule has 23 heavy (non-hydrogen) atoms. The van der Waals surface area contributed by atoms with Crippen LogP contribution >= 0.6 is 0 Å². The van der Waals surface area contributed by atoms with E-state index in [1.807, 2.05) is 0 Å². The molecule has 1 aromatic heterocycles. The highest BCUT2D eigenvalue weighted by Gasteiger charge is 2.23. The molecule has 0 spiro atoms. The number of nitrogens with one attached hydrogen (secondary N) is 1. The Bertz CT molecular complexity index is 829. The topological polar surface area (TPSA) is 139 Å². The molecule has 9 nitrogen and oxygen atoms in total. The Hall–Kier alpha value is -3.23. The average Bonchev–Trinajstić information content (AvgIpc) is 2.49. The summed E-state index contributed by atoms with van der Waals surface area (Å²) in [5.74, 6) is -3.62. The molecule has 1 amide bonds. The maximum absolute atomic E-state index is 12.2. The van der Waals surface area contributed by atoms with E-state index in [-0.39, 0.29) is 0 Å². The molecule has 0 radical (unpaired) electrons. The molecule has 1 aromatic carbocycles. The van der Waals surface area contributed by atoms with Gasteiger partial charge in [-0.15, -0.1) is 0 Å². The molecule has 0 bridgehead atoms. The quantitative estimate of drug-likeness (QED) is 0.648. The van der Waals surface area contributed by atoms with Crippen LogP contribution in [0.1, 0.15) is 6.42 Å². The lowest BCUT2D eigenvalue weighted by atomic mass is 10.2. The third-order valence-electron chi connectivity index (χ3n) is 3.06. The Kier molecular flexibility index (Phi) is 4.69. The normalized spacial score (nSPS) is 11.8. The van der Waals surface area contributed by atoms with Gasteiger partial charge in [0, 0.05) is 0 Å². The van der Waals surface area contributed by atoms with E-state index in [0.29, 0.717) is 10.9 Å². The van der Waals surface area contributed by atoms with E-state index in [1.54, 1.807) is 24.3 Å². The van der Waals surface area contributed by atoms with E-state index in [9.17, 15) is 19.2 Å². The fourth-order valence-corrected chi connectivity index (χ4v) is 1.99. The first kappa shape index (κ1) is 16.1. The number of carbonyl (C=O) groups is 3. The number of rotatable bonds is 6. The molecular weight excluding hydrogens is 306 g/mol. The smallest absolute Gasteiger partial charge is 0.326 e. The molecule has 0 aliphatic rings. The Morgan fingerprint density at radius 2 is 1.91 bits per heavy atom. The van der Waals surface area contributed by atoms with Gasteiger partial charge >= 0.3 is 11.9 Å².